The van der Waals surface area contributed by atoms with Crippen LogP contribution in [0.4, 0.5) is 10.2 Å². The van der Waals surface area contributed by atoms with E-state index in [1.165, 1.54) is 25.0 Å². The summed E-state index contributed by atoms with van der Waals surface area (Å²) in [6.07, 6.45) is 4.33. The van der Waals surface area contributed by atoms with Gasteiger partial charge in [-0.1, -0.05) is 0 Å². The summed E-state index contributed by atoms with van der Waals surface area (Å²) in [4.78, 5) is 2.28. The van der Waals surface area contributed by atoms with E-state index < -0.39 is 0 Å². The summed E-state index contributed by atoms with van der Waals surface area (Å²) in [5, 5.41) is 13.3. The van der Waals surface area contributed by atoms with Crippen LogP contribution in [0.15, 0.2) is 36.4 Å². The summed E-state index contributed by atoms with van der Waals surface area (Å²) in [5.74, 6) is 2.94. The third kappa shape index (κ3) is 2.98. The van der Waals surface area contributed by atoms with Gasteiger partial charge in [0.05, 0.1) is 0 Å². The molecular weight excluding hydrogens is 333 g/mol. The van der Waals surface area contributed by atoms with Crippen molar-refractivity contribution in [3.05, 3.63) is 48.0 Å². The molecule has 2 aromatic heterocycles. The molecule has 1 aromatic carbocycles. The van der Waals surface area contributed by atoms with E-state index in [1.807, 2.05) is 16.6 Å². The Hall–Kier alpha value is -2.70. The third-order valence-electron chi connectivity index (χ3n) is 5.10. The second kappa shape index (κ2) is 6.23. The lowest BCUT2D eigenvalue weighted by atomic mass is 10.1. The molecule has 0 N–H and O–H groups in total. The van der Waals surface area contributed by atoms with E-state index >= 15 is 0 Å². The van der Waals surface area contributed by atoms with Crippen molar-refractivity contribution in [2.45, 2.75) is 37.7 Å². The topological polar surface area (TPSA) is 55.5 Å². The van der Waals surface area contributed by atoms with E-state index in [0.29, 0.717) is 5.92 Å². The number of fused-ring (bicyclic) bond motifs is 1. The number of rotatable bonds is 4. The number of halogens is 1. The van der Waals surface area contributed by atoms with Crippen LogP contribution in [0.5, 0.6) is 5.75 Å². The third-order valence-corrected chi connectivity index (χ3v) is 5.10. The number of piperidine rings is 1. The standard InChI is InChI=1S/C19H20FN5O/c20-14-3-5-15(6-4-14)26-16-9-11-24(12-10-16)18-8-7-17-21-22-19(13-1-2-13)25(17)23-18/h3-8,13,16H,1-2,9-12H2. The smallest absolute Gasteiger partial charge is 0.178 e. The fourth-order valence-electron chi connectivity index (χ4n) is 3.47. The fraction of sp³-hybridized carbons (Fsp3) is 0.421. The van der Waals surface area contributed by atoms with Crippen LogP contribution in [0.1, 0.15) is 37.4 Å². The van der Waals surface area contributed by atoms with Gasteiger partial charge in [0.2, 0.25) is 0 Å². The van der Waals surface area contributed by atoms with E-state index in [1.54, 1.807) is 12.1 Å². The van der Waals surface area contributed by atoms with Gasteiger partial charge in [0.1, 0.15) is 23.5 Å². The van der Waals surface area contributed by atoms with Crippen LogP contribution in [0.3, 0.4) is 0 Å². The Morgan fingerprint density at radius 2 is 1.69 bits per heavy atom. The van der Waals surface area contributed by atoms with E-state index in [9.17, 15) is 4.39 Å². The number of hydrogen-bond donors (Lipinski definition) is 0. The molecule has 3 aromatic rings. The molecule has 3 heterocycles. The molecule has 1 aliphatic heterocycles. The van der Waals surface area contributed by atoms with E-state index in [4.69, 9.17) is 9.84 Å². The average molecular weight is 353 g/mol. The maximum Gasteiger partial charge on any atom is 0.178 e. The maximum atomic E-state index is 13.0. The quantitative estimate of drug-likeness (QED) is 0.721. The zero-order chi connectivity index (χ0) is 17.5. The first-order chi connectivity index (χ1) is 12.8. The molecule has 1 saturated carbocycles. The second-order valence-corrected chi connectivity index (χ2v) is 7.05. The molecule has 1 aliphatic carbocycles. The van der Waals surface area contributed by atoms with Gasteiger partial charge >= 0.3 is 0 Å². The molecular formula is C19H20FN5O. The van der Waals surface area contributed by atoms with Gasteiger partial charge in [-0.15, -0.1) is 15.3 Å². The lowest BCUT2D eigenvalue weighted by molar-refractivity contribution is 0.170. The second-order valence-electron chi connectivity index (χ2n) is 7.05. The van der Waals surface area contributed by atoms with Crippen molar-refractivity contribution in [1.29, 1.82) is 0 Å². The Morgan fingerprint density at radius 1 is 0.923 bits per heavy atom. The molecule has 0 unspecified atom stereocenters. The van der Waals surface area contributed by atoms with E-state index in [2.05, 4.69) is 15.1 Å². The highest BCUT2D eigenvalue weighted by atomic mass is 19.1. The van der Waals surface area contributed by atoms with Gasteiger partial charge in [0.25, 0.3) is 0 Å². The highest BCUT2D eigenvalue weighted by molar-refractivity contribution is 5.46. The van der Waals surface area contributed by atoms with Crippen molar-refractivity contribution in [3.63, 3.8) is 0 Å². The Balaban J connectivity index is 1.27. The van der Waals surface area contributed by atoms with Gasteiger partial charge in [-0.25, -0.2) is 4.39 Å². The monoisotopic (exact) mass is 353 g/mol. The van der Waals surface area contributed by atoms with Gasteiger partial charge in [-0.05, 0) is 49.2 Å². The first-order valence-corrected chi connectivity index (χ1v) is 9.16. The minimum absolute atomic E-state index is 0.150. The van der Waals surface area contributed by atoms with Crippen molar-refractivity contribution in [3.8, 4) is 5.75 Å². The summed E-state index contributed by atoms with van der Waals surface area (Å²) in [5.41, 5.74) is 0.810. The van der Waals surface area contributed by atoms with Crippen LogP contribution in [-0.2, 0) is 0 Å². The van der Waals surface area contributed by atoms with E-state index in [-0.39, 0.29) is 11.9 Å². The van der Waals surface area contributed by atoms with Crippen molar-refractivity contribution < 1.29 is 9.13 Å². The Labute approximate surface area is 150 Å². The molecule has 0 radical (unpaired) electrons. The van der Waals surface area contributed by atoms with Crippen molar-refractivity contribution in [2.24, 2.45) is 0 Å². The van der Waals surface area contributed by atoms with Crippen molar-refractivity contribution >= 4 is 11.5 Å². The van der Waals surface area contributed by atoms with Gasteiger partial charge < -0.3 is 9.64 Å². The molecule has 2 fully saturated rings. The van der Waals surface area contributed by atoms with Crippen molar-refractivity contribution in [1.82, 2.24) is 19.8 Å². The number of nitrogens with zero attached hydrogens (tertiary/aromatic N) is 5. The van der Waals surface area contributed by atoms with Crippen LogP contribution in [0.2, 0.25) is 0 Å². The highest BCUT2D eigenvalue weighted by Crippen LogP contribution is 2.38. The average Bonchev–Trinajstić information content (AvgIpc) is 3.43. The minimum atomic E-state index is -0.242. The number of ether oxygens (including phenoxy) is 1. The SMILES string of the molecule is Fc1ccc(OC2CCN(c3ccc4nnc(C5CC5)n4n3)CC2)cc1. The lowest BCUT2D eigenvalue weighted by Crippen LogP contribution is -2.38. The minimum Gasteiger partial charge on any atom is -0.490 e. The lowest BCUT2D eigenvalue weighted by Gasteiger charge is -2.32. The Kier molecular flexibility index (Phi) is 3.72. The van der Waals surface area contributed by atoms with Crippen LogP contribution in [0.25, 0.3) is 5.65 Å². The first kappa shape index (κ1) is 15.5. The highest BCUT2D eigenvalue weighted by Gasteiger charge is 2.29. The van der Waals surface area contributed by atoms with Crippen LogP contribution in [-0.4, -0.2) is 39.0 Å². The molecule has 7 heteroatoms. The zero-order valence-electron chi connectivity index (χ0n) is 14.4. The number of benzene rings is 1. The molecule has 0 amide bonds. The Bertz CT molecular complexity index is 913. The van der Waals surface area contributed by atoms with E-state index in [0.717, 1.165) is 49.0 Å². The summed E-state index contributed by atoms with van der Waals surface area (Å²) in [6, 6.07) is 10.2. The zero-order valence-corrected chi connectivity index (χ0v) is 14.4. The molecule has 0 bridgehead atoms. The molecule has 134 valence electrons. The molecule has 0 atom stereocenters. The number of aromatic nitrogens is 4. The Morgan fingerprint density at radius 3 is 2.42 bits per heavy atom. The fourth-order valence-corrected chi connectivity index (χ4v) is 3.47. The van der Waals surface area contributed by atoms with Crippen LogP contribution >= 0.6 is 0 Å². The normalized spacial score (nSPS) is 18.4. The molecule has 6 nitrogen and oxygen atoms in total. The van der Waals surface area contributed by atoms with Crippen molar-refractivity contribution in [2.75, 3.05) is 18.0 Å². The summed E-state index contributed by atoms with van der Waals surface area (Å²) in [6.45, 7) is 1.76. The van der Waals surface area contributed by atoms with Gasteiger partial charge in [0.15, 0.2) is 11.5 Å². The van der Waals surface area contributed by atoms with Gasteiger partial charge in [-0.2, -0.15) is 4.52 Å². The number of anilines is 1. The molecule has 1 saturated heterocycles. The molecule has 5 rings (SSSR count). The number of hydrogen-bond acceptors (Lipinski definition) is 5. The maximum absolute atomic E-state index is 13.0. The largest absolute Gasteiger partial charge is 0.490 e. The van der Waals surface area contributed by atoms with Gasteiger partial charge in [-0.3, -0.25) is 0 Å². The molecule has 26 heavy (non-hydrogen) atoms. The van der Waals surface area contributed by atoms with Crippen LogP contribution < -0.4 is 9.64 Å². The van der Waals surface area contributed by atoms with Gasteiger partial charge in [0, 0.05) is 31.8 Å². The molecule has 2 aliphatic rings. The summed E-state index contributed by atoms with van der Waals surface area (Å²) >= 11 is 0. The molecule has 0 spiro atoms. The summed E-state index contributed by atoms with van der Waals surface area (Å²) in [7, 11) is 0. The van der Waals surface area contributed by atoms with Crippen LogP contribution in [0, 0.1) is 5.82 Å². The first-order valence-electron chi connectivity index (χ1n) is 9.16. The summed E-state index contributed by atoms with van der Waals surface area (Å²) < 4.78 is 20.9. The predicted octanol–water partition coefficient (Wildman–Crippen LogP) is 3.19. The predicted molar refractivity (Wildman–Crippen MR) is 95.0 cm³/mol.